The van der Waals surface area contributed by atoms with Gasteiger partial charge in [-0.05, 0) is 62.3 Å². The summed E-state index contributed by atoms with van der Waals surface area (Å²) in [6.07, 6.45) is 3.66. The molecule has 0 spiro atoms. The fourth-order valence-corrected chi connectivity index (χ4v) is 3.43. The van der Waals surface area contributed by atoms with Crippen LogP contribution in [-0.2, 0) is 0 Å². The van der Waals surface area contributed by atoms with E-state index in [2.05, 4.69) is 5.32 Å². The zero-order chi connectivity index (χ0) is 12.0. The first kappa shape index (κ1) is 11.1. The second-order valence-corrected chi connectivity index (χ2v) is 5.42. The number of nitrogens with one attached hydrogen (secondary N) is 1. The molecule has 2 fully saturated rings. The van der Waals surface area contributed by atoms with Crippen molar-refractivity contribution in [1.82, 2.24) is 5.32 Å². The Kier molecular flexibility index (Phi) is 2.66. The third-order valence-corrected chi connectivity index (χ3v) is 4.36. The van der Waals surface area contributed by atoms with Crippen molar-refractivity contribution < 1.29 is 8.78 Å². The Bertz CT molecular complexity index is 422. The van der Waals surface area contributed by atoms with E-state index >= 15 is 0 Å². The molecular formula is C14H17F2N. The Morgan fingerprint density at radius 2 is 1.88 bits per heavy atom. The van der Waals surface area contributed by atoms with Crippen LogP contribution in [0.4, 0.5) is 8.78 Å². The maximum absolute atomic E-state index is 13.8. The van der Waals surface area contributed by atoms with Gasteiger partial charge >= 0.3 is 0 Å². The lowest BCUT2D eigenvalue weighted by molar-refractivity contribution is 0.349. The largest absolute Gasteiger partial charge is 0.313 e. The highest BCUT2D eigenvalue weighted by Gasteiger charge is 2.48. The third-order valence-electron chi connectivity index (χ3n) is 4.36. The molecule has 1 aromatic carbocycles. The lowest BCUT2D eigenvalue weighted by atomic mass is 9.89. The Morgan fingerprint density at radius 3 is 2.53 bits per heavy atom. The Labute approximate surface area is 100 Å². The molecular weight excluding hydrogens is 220 g/mol. The maximum atomic E-state index is 13.8. The molecule has 0 radical (unpaired) electrons. The minimum Gasteiger partial charge on any atom is -0.313 e. The number of fused-ring (bicyclic) bond motifs is 1. The summed E-state index contributed by atoms with van der Waals surface area (Å²) in [7, 11) is 1.83. The van der Waals surface area contributed by atoms with Gasteiger partial charge in [0, 0.05) is 11.6 Å². The van der Waals surface area contributed by atoms with Crippen LogP contribution in [0.5, 0.6) is 0 Å². The van der Waals surface area contributed by atoms with Gasteiger partial charge in [-0.3, -0.25) is 0 Å². The molecule has 3 unspecified atom stereocenters. The highest BCUT2D eigenvalue weighted by atomic mass is 19.1. The van der Waals surface area contributed by atoms with Gasteiger partial charge in [0.15, 0.2) is 0 Å². The van der Waals surface area contributed by atoms with Crippen molar-refractivity contribution in [2.75, 3.05) is 7.05 Å². The normalized spacial score (nSPS) is 32.3. The van der Waals surface area contributed by atoms with Crippen LogP contribution in [0, 0.1) is 29.4 Å². The Balaban J connectivity index is 1.86. The average molecular weight is 237 g/mol. The van der Waals surface area contributed by atoms with Crippen LogP contribution in [-0.4, -0.2) is 7.05 Å². The summed E-state index contributed by atoms with van der Waals surface area (Å²) in [5, 5.41) is 3.16. The number of hydrogen-bond acceptors (Lipinski definition) is 1. The lowest BCUT2D eigenvalue weighted by Gasteiger charge is -2.25. The molecule has 92 valence electrons. The second-order valence-electron chi connectivity index (χ2n) is 5.42. The molecule has 3 heteroatoms. The fourth-order valence-electron chi connectivity index (χ4n) is 3.43. The Hall–Kier alpha value is -0.960. The quantitative estimate of drug-likeness (QED) is 0.850. The molecule has 2 aliphatic carbocycles. The first-order valence-corrected chi connectivity index (χ1v) is 6.31. The molecule has 0 heterocycles. The first-order chi connectivity index (χ1) is 8.19. The Morgan fingerprint density at radius 1 is 1.18 bits per heavy atom. The molecule has 1 nitrogen and oxygen atoms in total. The van der Waals surface area contributed by atoms with E-state index in [4.69, 9.17) is 0 Å². The van der Waals surface area contributed by atoms with Crippen LogP contribution >= 0.6 is 0 Å². The molecule has 2 saturated carbocycles. The third kappa shape index (κ3) is 1.97. The van der Waals surface area contributed by atoms with Gasteiger partial charge in [-0.15, -0.1) is 0 Å². The van der Waals surface area contributed by atoms with E-state index in [1.54, 1.807) is 0 Å². The summed E-state index contributed by atoms with van der Waals surface area (Å²) in [6, 6.07) is 3.70. The SMILES string of the molecule is CNC(c1cc(F)ccc1F)C1CC2CC2C1. The standard InChI is InChI=1S/C14H17F2N/c1-17-14(10-5-8-4-9(8)6-10)12-7-11(15)2-3-13(12)16/h2-3,7-10,14,17H,4-6H2,1H3. The van der Waals surface area contributed by atoms with Crippen LogP contribution in [0.2, 0.25) is 0 Å². The van der Waals surface area contributed by atoms with E-state index in [1.165, 1.54) is 24.6 Å². The van der Waals surface area contributed by atoms with E-state index in [0.29, 0.717) is 11.5 Å². The maximum Gasteiger partial charge on any atom is 0.128 e. The van der Waals surface area contributed by atoms with E-state index in [9.17, 15) is 8.78 Å². The monoisotopic (exact) mass is 237 g/mol. The summed E-state index contributed by atoms with van der Waals surface area (Å²) in [4.78, 5) is 0. The highest BCUT2D eigenvalue weighted by molar-refractivity contribution is 5.24. The molecule has 0 amide bonds. The summed E-state index contributed by atoms with van der Waals surface area (Å²) in [5.74, 6) is 1.51. The van der Waals surface area contributed by atoms with Gasteiger partial charge in [-0.1, -0.05) is 0 Å². The molecule has 1 N–H and O–H groups in total. The van der Waals surface area contributed by atoms with Crippen molar-refractivity contribution in [2.24, 2.45) is 17.8 Å². The zero-order valence-corrected chi connectivity index (χ0v) is 9.92. The highest BCUT2D eigenvalue weighted by Crippen LogP contribution is 2.57. The predicted molar refractivity (Wildman–Crippen MR) is 62.5 cm³/mol. The van der Waals surface area contributed by atoms with Gasteiger partial charge in [0.05, 0.1) is 0 Å². The summed E-state index contributed by atoms with van der Waals surface area (Å²) in [5.41, 5.74) is 0.485. The van der Waals surface area contributed by atoms with Crippen LogP contribution in [0.1, 0.15) is 30.9 Å². The van der Waals surface area contributed by atoms with Crippen LogP contribution in [0.15, 0.2) is 18.2 Å². The van der Waals surface area contributed by atoms with E-state index in [1.807, 2.05) is 7.05 Å². The van der Waals surface area contributed by atoms with Crippen molar-refractivity contribution >= 4 is 0 Å². The van der Waals surface area contributed by atoms with Crippen molar-refractivity contribution in [2.45, 2.75) is 25.3 Å². The van der Waals surface area contributed by atoms with Gasteiger partial charge in [0.2, 0.25) is 0 Å². The molecule has 1 aromatic rings. The first-order valence-electron chi connectivity index (χ1n) is 6.31. The molecule has 2 aliphatic rings. The molecule has 0 bridgehead atoms. The van der Waals surface area contributed by atoms with Gasteiger partial charge in [0.25, 0.3) is 0 Å². The van der Waals surface area contributed by atoms with Gasteiger partial charge in [-0.2, -0.15) is 0 Å². The average Bonchev–Trinajstić information content (AvgIpc) is 2.92. The zero-order valence-electron chi connectivity index (χ0n) is 9.92. The van der Waals surface area contributed by atoms with E-state index in [0.717, 1.165) is 24.7 Å². The number of rotatable bonds is 3. The fraction of sp³-hybridized carbons (Fsp3) is 0.571. The van der Waals surface area contributed by atoms with Crippen LogP contribution < -0.4 is 5.32 Å². The van der Waals surface area contributed by atoms with Crippen molar-refractivity contribution in [3.8, 4) is 0 Å². The minimum absolute atomic E-state index is 0.0431. The molecule has 0 aromatic heterocycles. The number of benzene rings is 1. The van der Waals surface area contributed by atoms with E-state index < -0.39 is 0 Å². The van der Waals surface area contributed by atoms with Gasteiger partial charge in [-0.25, -0.2) is 8.78 Å². The smallest absolute Gasteiger partial charge is 0.128 e. The number of halogens is 2. The van der Waals surface area contributed by atoms with Crippen LogP contribution in [0.25, 0.3) is 0 Å². The van der Waals surface area contributed by atoms with Gasteiger partial charge in [0.1, 0.15) is 11.6 Å². The summed E-state index contributed by atoms with van der Waals surface area (Å²) in [6.45, 7) is 0. The topological polar surface area (TPSA) is 12.0 Å². The van der Waals surface area contributed by atoms with Crippen molar-refractivity contribution in [3.05, 3.63) is 35.4 Å². The molecule has 3 atom stereocenters. The molecule has 17 heavy (non-hydrogen) atoms. The summed E-state index contributed by atoms with van der Waals surface area (Å²) >= 11 is 0. The molecule has 3 rings (SSSR count). The molecule has 0 aliphatic heterocycles. The summed E-state index contributed by atoms with van der Waals surface area (Å²) < 4.78 is 27.0. The van der Waals surface area contributed by atoms with Crippen LogP contribution in [0.3, 0.4) is 0 Å². The molecule has 0 saturated heterocycles. The lowest BCUT2D eigenvalue weighted by Crippen LogP contribution is -2.25. The van der Waals surface area contributed by atoms with Gasteiger partial charge < -0.3 is 5.32 Å². The van der Waals surface area contributed by atoms with Crippen molar-refractivity contribution in [3.63, 3.8) is 0 Å². The minimum atomic E-state index is -0.357. The van der Waals surface area contributed by atoms with Crippen molar-refractivity contribution in [1.29, 1.82) is 0 Å². The predicted octanol–water partition coefficient (Wildman–Crippen LogP) is 3.27. The van der Waals surface area contributed by atoms with E-state index in [-0.39, 0.29) is 17.7 Å². The number of hydrogen-bond donors (Lipinski definition) is 1. The second kappa shape index (κ2) is 4.05.